The predicted octanol–water partition coefficient (Wildman–Crippen LogP) is 2.56. The second-order valence-corrected chi connectivity index (χ2v) is 5.33. The van der Waals surface area contributed by atoms with Gasteiger partial charge in [-0.2, -0.15) is 0 Å². The van der Waals surface area contributed by atoms with Crippen molar-refractivity contribution < 1.29 is 4.79 Å². The highest BCUT2D eigenvalue weighted by Gasteiger charge is 2.20. The Morgan fingerprint density at radius 3 is 2.62 bits per heavy atom. The van der Waals surface area contributed by atoms with Crippen LogP contribution in [0.2, 0.25) is 0 Å². The molecule has 1 fully saturated rings. The summed E-state index contributed by atoms with van der Waals surface area (Å²) in [5.74, 6) is 1.10. The number of halogens is 1. The Morgan fingerprint density at radius 2 is 2.00 bits per heavy atom. The normalized spacial score (nSPS) is 15.1. The van der Waals surface area contributed by atoms with Crippen LogP contribution in [-0.2, 0) is 11.2 Å². The van der Waals surface area contributed by atoms with E-state index in [-0.39, 0.29) is 5.78 Å². The highest BCUT2D eigenvalue weighted by Crippen LogP contribution is 2.27. The molecule has 1 aromatic rings. The zero-order valence-electron chi connectivity index (χ0n) is 9.21. The number of ketones is 1. The molecule has 1 aliphatic rings. The number of hydrogen-bond donors (Lipinski definition) is 1. The summed E-state index contributed by atoms with van der Waals surface area (Å²) >= 11 is 3.38. The smallest absolute Gasteiger partial charge is 0.150 e. The van der Waals surface area contributed by atoms with Crippen LogP contribution in [0, 0.1) is 5.92 Å². The molecule has 0 saturated heterocycles. The molecule has 1 aliphatic carbocycles. The SMILES string of the molecule is O=C(CNCC1CC1)Cc1ccc(Br)cc1. The van der Waals surface area contributed by atoms with Crippen molar-refractivity contribution in [1.29, 1.82) is 0 Å². The van der Waals surface area contributed by atoms with Gasteiger partial charge in [-0.15, -0.1) is 0 Å². The highest BCUT2D eigenvalue weighted by atomic mass is 79.9. The number of rotatable bonds is 6. The summed E-state index contributed by atoms with van der Waals surface area (Å²) in [6.45, 7) is 1.51. The van der Waals surface area contributed by atoms with E-state index in [2.05, 4.69) is 21.2 Å². The molecule has 0 unspecified atom stereocenters. The van der Waals surface area contributed by atoms with E-state index in [0.29, 0.717) is 13.0 Å². The largest absolute Gasteiger partial charge is 0.310 e. The second kappa shape index (κ2) is 5.60. The van der Waals surface area contributed by atoms with Crippen molar-refractivity contribution in [2.75, 3.05) is 13.1 Å². The van der Waals surface area contributed by atoms with Crippen molar-refractivity contribution in [2.24, 2.45) is 5.92 Å². The summed E-state index contributed by atoms with van der Waals surface area (Å²) in [4.78, 5) is 11.6. The summed E-state index contributed by atoms with van der Waals surface area (Å²) in [5.41, 5.74) is 1.08. The molecule has 0 aliphatic heterocycles. The molecule has 3 heteroatoms. The molecule has 0 amide bonds. The van der Waals surface area contributed by atoms with Gasteiger partial charge in [-0.25, -0.2) is 0 Å². The minimum atomic E-state index is 0.267. The first-order valence-electron chi connectivity index (χ1n) is 5.71. The van der Waals surface area contributed by atoms with Crippen molar-refractivity contribution in [2.45, 2.75) is 19.3 Å². The van der Waals surface area contributed by atoms with Gasteiger partial charge in [-0.3, -0.25) is 4.79 Å². The van der Waals surface area contributed by atoms with Gasteiger partial charge in [-0.05, 0) is 43.0 Å². The van der Waals surface area contributed by atoms with Crippen molar-refractivity contribution >= 4 is 21.7 Å². The minimum absolute atomic E-state index is 0.267. The molecule has 2 nitrogen and oxygen atoms in total. The minimum Gasteiger partial charge on any atom is -0.310 e. The van der Waals surface area contributed by atoms with Gasteiger partial charge in [0, 0.05) is 10.9 Å². The quantitative estimate of drug-likeness (QED) is 0.868. The lowest BCUT2D eigenvalue weighted by atomic mass is 10.1. The van der Waals surface area contributed by atoms with E-state index in [0.717, 1.165) is 22.5 Å². The van der Waals surface area contributed by atoms with Crippen LogP contribution in [0.1, 0.15) is 18.4 Å². The molecule has 0 aromatic heterocycles. The van der Waals surface area contributed by atoms with Crippen molar-refractivity contribution in [3.05, 3.63) is 34.3 Å². The van der Waals surface area contributed by atoms with Crippen LogP contribution in [0.4, 0.5) is 0 Å². The Kier molecular flexibility index (Phi) is 4.13. The topological polar surface area (TPSA) is 29.1 Å². The third kappa shape index (κ3) is 4.06. The van der Waals surface area contributed by atoms with Crippen molar-refractivity contribution in [3.63, 3.8) is 0 Å². The average molecular weight is 282 g/mol. The number of Topliss-reactive ketones (excluding diaryl/α,β-unsaturated/α-hetero) is 1. The van der Waals surface area contributed by atoms with Gasteiger partial charge in [0.25, 0.3) is 0 Å². The van der Waals surface area contributed by atoms with Crippen molar-refractivity contribution in [3.8, 4) is 0 Å². The van der Waals surface area contributed by atoms with E-state index in [9.17, 15) is 4.79 Å². The first-order valence-corrected chi connectivity index (χ1v) is 6.50. The van der Waals surface area contributed by atoms with Gasteiger partial charge >= 0.3 is 0 Å². The molecule has 2 rings (SSSR count). The Bertz CT molecular complexity index is 357. The van der Waals surface area contributed by atoms with Gasteiger partial charge in [0.15, 0.2) is 5.78 Å². The van der Waals surface area contributed by atoms with E-state index < -0.39 is 0 Å². The van der Waals surface area contributed by atoms with Gasteiger partial charge < -0.3 is 5.32 Å². The maximum atomic E-state index is 11.6. The molecule has 0 radical (unpaired) electrons. The fraction of sp³-hybridized carbons (Fsp3) is 0.462. The van der Waals surface area contributed by atoms with Crippen LogP contribution >= 0.6 is 15.9 Å². The number of nitrogens with one attached hydrogen (secondary N) is 1. The zero-order valence-corrected chi connectivity index (χ0v) is 10.8. The predicted molar refractivity (Wildman–Crippen MR) is 68.4 cm³/mol. The highest BCUT2D eigenvalue weighted by molar-refractivity contribution is 9.10. The van der Waals surface area contributed by atoms with Gasteiger partial charge in [-0.1, -0.05) is 28.1 Å². The first kappa shape index (κ1) is 11.8. The maximum absolute atomic E-state index is 11.6. The van der Waals surface area contributed by atoms with Crippen LogP contribution in [0.3, 0.4) is 0 Å². The molecule has 1 N–H and O–H groups in total. The molecule has 1 saturated carbocycles. The van der Waals surface area contributed by atoms with Gasteiger partial charge in [0.05, 0.1) is 6.54 Å². The molecule has 86 valence electrons. The Hall–Kier alpha value is -0.670. The monoisotopic (exact) mass is 281 g/mol. The number of carbonyl (C=O) groups is 1. The van der Waals surface area contributed by atoms with Crippen molar-refractivity contribution in [1.82, 2.24) is 5.32 Å². The third-order valence-electron chi connectivity index (χ3n) is 2.77. The first-order chi connectivity index (χ1) is 7.74. The lowest BCUT2D eigenvalue weighted by Gasteiger charge is -2.03. The standard InChI is InChI=1S/C13H16BrNO/c14-12-5-3-10(4-6-12)7-13(16)9-15-8-11-1-2-11/h3-6,11,15H,1-2,7-9H2. The Labute approximate surface area is 105 Å². The molecule has 0 heterocycles. The molecular formula is C13H16BrNO. The van der Waals surface area contributed by atoms with E-state index in [4.69, 9.17) is 0 Å². The number of benzene rings is 1. The average Bonchev–Trinajstić information content (AvgIpc) is 3.05. The van der Waals surface area contributed by atoms with E-state index in [1.807, 2.05) is 24.3 Å². The number of hydrogen-bond acceptors (Lipinski definition) is 2. The Balaban J connectivity index is 1.70. The molecule has 0 atom stereocenters. The Morgan fingerprint density at radius 1 is 1.31 bits per heavy atom. The second-order valence-electron chi connectivity index (χ2n) is 4.42. The summed E-state index contributed by atoms with van der Waals surface area (Å²) in [6, 6.07) is 7.92. The summed E-state index contributed by atoms with van der Waals surface area (Å²) in [5, 5.41) is 3.22. The van der Waals surface area contributed by atoms with Crippen LogP contribution in [0.25, 0.3) is 0 Å². The summed E-state index contributed by atoms with van der Waals surface area (Å²) in [7, 11) is 0. The zero-order chi connectivity index (χ0) is 11.4. The van der Waals surface area contributed by atoms with Crippen LogP contribution in [0.15, 0.2) is 28.7 Å². The fourth-order valence-corrected chi connectivity index (χ4v) is 1.89. The lowest BCUT2D eigenvalue weighted by Crippen LogP contribution is -2.26. The van der Waals surface area contributed by atoms with Crippen LogP contribution in [0.5, 0.6) is 0 Å². The summed E-state index contributed by atoms with van der Waals surface area (Å²) in [6.07, 6.45) is 3.19. The van der Waals surface area contributed by atoms with Gasteiger partial charge in [0.2, 0.25) is 0 Å². The summed E-state index contributed by atoms with van der Waals surface area (Å²) < 4.78 is 1.05. The van der Waals surface area contributed by atoms with E-state index >= 15 is 0 Å². The molecular weight excluding hydrogens is 266 g/mol. The van der Waals surface area contributed by atoms with E-state index in [1.165, 1.54) is 12.8 Å². The van der Waals surface area contributed by atoms with Crippen LogP contribution < -0.4 is 5.32 Å². The third-order valence-corrected chi connectivity index (χ3v) is 3.30. The molecule has 0 spiro atoms. The number of carbonyl (C=O) groups excluding carboxylic acids is 1. The maximum Gasteiger partial charge on any atom is 0.150 e. The molecule has 1 aromatic carbocycles. The molecule has 0 bridgehead atoms. The van der Waals surface area contributed by atoms with Crippen LogP contribution in [-0.4, -0.2) is 18.9 Å². The lowest BCUT2D eigenvalue weighted by molar-refractivity contribution is -0.117. The fourth-order valence-electron chi connectivity index (χ4n) is 1.63. The van der Waals surface area contributed by atoms with Gasteiger partial charge in [0.1, 0.15) is 0 Å². The molecule has 16 heavy (non-hydrogen) atoms. The van der Waals surface area contributed by atoms with E-state index in [1.54, 1.807) is 0 Å².